The maximum Gasteiger partial charge on any atom is 0.244 e. The Kier molecular flexibility index (Phi) is 5.76. The summed E-state index contributed by atoms with van der Waals surface area (Å²) in [5, 5.41) is 8.64. The summed E-state index contributed by atoms with van der Waals surface area (Å²) in [5.74, 6) is -0.392. The highest BCUT2D eigenvalue weighted by Crippen LogP contribution is 2.30. The molecule has 1 atom stereocenters. The van der Waals surface area contributed by atoms with Gasteiger partial charge in [0.2, 0.25) is 5.91 Å². The minimum absolute atomic E-state index is 0.0457. The Hall–Kier alpha value is -3.04. The van der Waals surface area contributed by atoms with Gasteiger partial charge < -0.3 is 9.80 Å². The van der Waals surface area contributed by atoms with Crippen LogP contribution < -0.4 is 4.90 Å². The van der Waals surface area contributed by atoms with Crippen molar-refractivity contribution in [2.24, 2.45) is 0 Å². The molecule has 0 N–H and O–H groups in total. The molecule has 1 amide bonds. The van der Waals surface area contributed by atoms with Crippen LogP contribution in [0.1, 0.15) is 12.5 Å². The third kappa shape index (κ3) is 4.06. The quantitative estimate of drug-likeness (QED) is 0.429. The predicted molar refractivity (Wildman–Crippen MR) is 128 cm³/mol. The van der Waals surface area contributed by atoms with Crippen LogP contribution in [0.4, 0.5) is 10.1 Å². The number of aromatic nitrogens is 4. The third-order valence-electron chi connectivity index (χ3n) is 5.94. The number of hydrogen-bond acceptors (Lipinski definition) is 6. The van der Waals surface area contributed by atoms with E-state index in [9.17, 15) is 9.18 Å². The van der Waals surface area contributed by atoms with E-state index in [2.05, 4.69) is 15.1 Å². The lowest BCUT2D eigenvalue weighted by atomic mass is 10.1. The van der Waals surface area contributed by atoms with Crippen molar-refractivity contribution in [1.29, 1.82) is 0 Å². The van der Waals surface area contributed by atoms with Crippen LogP contribution in [-0.4, -0.2) is 56.2 Å². The number of carbonyl (C=O) groups excluding carboxylic acids is 1. The van der Waals surface area contributed by atoms with Gasteiger partial charge in [0.15, 0.2) is 5.65 Å². The number of benzene rings is 1. The topological polar surface area (TPSA) is 67.2 Å². The molecule has 0 radical (unpaired) electrons. The number of hydrogen-bond donors (Lipinski definition) is 0. The number of thiazole rings is 1. The molecule has 1 aliphatic heterocycles. The Morgan fingerprint density at radius 2 is 2.12 bits per heavy atom. The van der Waals surface area contributed by atoms with Gasteiger partial charge in [-0.05, 0) is 43.7 Å². The molecule has 5 rings (SSSR count). The summed E-state index contributed by atoms with van der Waals surface area (Å²) in [4.78, 5) is 25.9. The molecule has 0 saturated carbocycles. The van der Waals surface area contributed by atoms with Crippen molar-refractivity contribution < 1.29 is 9.18 Å². The molecule has 0 spiro atoms. The molecule has 170 valence electrons. The van der Waals surface area contributed by atoms with Gasteiger partial charge >= 0.3 is 0 Å². The van der Waals surface area contributed by atoms with E-state index in [1.165, 1.54) is 17.4 Å². The second kappa shape index (κ2) is 8.72. The zero-order chi connectivity index (χ0) is 23.1. The van der Waals surface area contributed by atoms with Crippen molar-refractivity contribution in [3.63, 3.8) is 0 Å². The minimum atomic E-state index is -0.346. The first kappa shape index (κ1) is 21.8. The van der Waals surface area contributed by atoms with Crippen LogP contribution in [-0.2, 0) is 11.3 Å². The molecule has 0 bridgehead atoms. The van der Waals surface area contributed by atoms with Crippen molar-refractivity contribution in [2.75, 3.05) is 24.5 Å². The number of halogens is 2. The highest BCUT2D eigenvalue weighted by molar-refractivity contribution is 7.13. The van der Waals surface area contributed by atoms with E-state index in [1.807, 2.05) is 41.2 Å². The molecule has 7 nitrogen and oxygen atoms in total. The summed E-state index contributed by atoms with van der Waals surface area (Å²) in [6, 6.07) is 6.83. The molecule has 33 heavy (non-hydrogen) atoms. The maximum absolute atomic E-state index is 14.5. The largest absolute Gasteiger partial charge is 0.365 e. The highest BCUT2D eigenvalue weighted by atomic mass is 35.5. The van der Waals surface area contributed by atoms with E-state index in [1.54, 1.807) is 23.1 Å². The lowest BCUT2D eigenvalue weighted by Crippen LogP contribution is -2.55. The first-order valence-electron chi connectivity index (χ1n) is 10.6. The summed E-state index contributed by atoms with van der Waals surface area (Å²) in [6.07, 6.45) is 3.43. The van der Waals surface area contributed by atoms with Gasteiger partial charge in [0.25, 0.3) is 0 Å². The van der Waals surface area contributed by atoms with Crippen molar-refractivity contribution in [2.45, 2.75) is 26.4 Å². The van der Waals surface area contributed by atoms with Crippen molar-refractivity contribution in [3.8, 4) is 10.7 Å². The Morgan fingerprint density at radius 1 is 1.27 bits per heavy atom. The minimum Gasteiger partial charge on any atom is -0.365 e. The van der Waals surface area contributed by atoms with Crippen LogP contribution in [0.3, 0.4) is 0 Å². The van der Waals surface area contributed by atoms with Crippen LogP contribution in [0.25, 0.3) is 21.7 Å². The first-order chi connectivity index (χ1) is 15.9. The number of rotatable bonds is 4. The van der Waals surface area contributed by atoms with Gasteiger partial charge in [-0.25, -0.2) is 19.0 Å². The summed E-state index contributed by atoms with van der Waals surface area (Å²) < 4.78 is 16.2. The highest BCUT2D eigenvalue weighted by Gasteiger charge is 2.30. The average Bonchev–Trinajstić information content (AvgIpc) is 3.45. The Bertz CT molecular complexity index is 1320. The first-order valence-corrected chi connectivity index (χ1v) is 11.9. The summed E-state index contributed by atoms with van der Waals surface area (Å²) in [5.41, 5.74) is 2.73. The van der Waals surface area contributed by atoms with Gasteiger partial charge in [0, 0.05) is 53.9 Å². The van der Waals surface area contributed by atoms with Crippen molar-refractivity contribution >= 4 is 45.6 Å². The molecule has 1 aromatic carbocycles. The van der Waals surface area contributed by atoms with E-state index in [0.29, 0.717) is 36.0 Å². The van der Waals surface area contributed by atoms with Gasteiger partial charge in [-0.15, -0.1) is 11.3 Å². The second-order valence-electron chi connectivity index (χ2n) is 8.15. The Balaban J connectivity index is 1.35. The zero-order valence-electron chi connectivity index (χ0n) is 18.2. The van der Waals surface area contributed by atoms with E-state index >= 15 is 0 Å². The number of fused-ring (bicyclic) bond motifs is 1. The summed E-state index contributed by atoms with van der Waals surface area (Å²) >= 11 is 7.54. The van der Waals surface area contributed by atoms with Gasteiger partial charge in [0.05, 0.1) is 5.69 Å². The fourth-order valence-corrected chi connectivity index (χ4v) is 5.05. The third-order valence-corrected chi connectivity index (χ3v) is 7.13. The van der Waals surface area contributed by atoms with Crippen molar-refractivity contribution in [1.82, 2.24) is 24.6 Å². The van der Waals surface area contributed by atoms with Crippen molar-refractivity contribution in [3.05, 3.63) is 58.4 Å². The number of piperazine rings is 1. The molecule has 1 fully saturated rings. The molecule has 1 aliphatic rings. The summed E-state index contributed by atoms with van der Waals surface area (Å²) in [6.45, 7) is 5.48. The number of anilines is 1. The van der Waals surface area contributed by atoms with E-state index in [0.717, 1.165) is 21.7 Å². The van der Waals surface area contributed by atoms with Gasteiger partial charge in [-0.2, -0.15) is 5.10 Å². The lowest BCUT2D eigenvalue weighted by Gasteiger charge is -2.41. The number of amides is 1. The molecular weight excluding hydrogens is 463 g/mol. The van der Waals surface area contributed by atoms with Crippen LogP contribution in [0.2, 0.25) is 5.02 Å². The number of carbonyl (C=O) groups is 1. The molecular formula is C23H22ClFN6OS. The molecule has 0 unspecified atom stereocenters. The molecule has 0 aliphatic carbocycles. The van der Waals surface area contributed by atoms with E-state index in [4.69, 9.17) is 11.6 Å². The second-order valence-corrected chi connectivity index (χ2v) is 9.45. The fraction of sp³-hybridized carbons (Fsp3) is 0.304. The molecule has 4 heterocycles. The SMILES string of the molecule is Cc1cc(N2CCN(C(=O)Cn3nc(-c4nccs4)c4cccnc43)[C@@H](C)C2)c(F)cc1Cl. The summed E-state index contributed by atoms with van der Waals surface area (Å²) in [7, 11) is 0. The number of nitrogens with zero attached hydrogens (tertiary/aromatic N) is 6. The van der Waals surface area contributed by atoms with E-state index in [-0.39, 0.29) is 24.3 Å². The maximum atomic E-state index is 14.5. The van der Waals surface area contributed by atoms with Gasteiger partial charge in [-0.3, -0.25) is 4.79 Å². The zero-order valence-corrected chi connectivity index (χ0v) is 19.8. The molecule has 3 aromatic heterocycles. The predicted octanol–water partition coefficient (Wildman–Crippen LogP) is 4.39. The van der Waals surface area contributed by atoms with Crippen LogP contribution in [0.15, 0.2) is 42.0 Å². The van der Waals surface area contributed by atoms with E-state index < -0.39 is 0 Å². The smallest absolute Gasteiger partial charge is 0.244 e. The monoisotopic (exact) mass is 484 g/mol. The number of pyridine rings is 1. The Labute approximate surface area is 199 Å². The fourth-order valence-electron chi connectivity index (χ4n) is 4.27. The average molecular weight is 485 g/mol. The normalized spacial score (nSPS) is 16.5. The van der Waals surface area contributed by atoms with Gasteiger partial charge in [0.1, 0.15) is 23.1 Å². The van der Waals surface area contributed by atoms with Crippen LogP contribution >= 0.6 is 22.9 Å². The molecule has 4 aromatic rings. The number of aryl methyl sites for hydroxylation is 1. The molecule has 1 saturated heterocycles. The van der Waals surface area contributed by atoms with Gasteiger partial charge in [-0.1, -0.05) is 11.6 Å². The Morgan fingerprint density at radius 3 is 2.88 bits per heavy atom. The standard InChI is InChI=1S/C23H22ClFN6OS/c1-14-10-19(18(25)11-17(14)24)29-7-8-30(15(2)12-29)20(32)13-31-22-16(4-3-5-26-22)21(28-31)23-27-6-9-33-23/h3-6,9-11,15H,7-8,12-13H2,1-2H3/t15-/m0/s1. The lowest BCUT2D eigenvalue weighted by molar-refractivity contribution is -0.134. The molecule has 10 heteroatoms. The van der Waals surface area contributed by atoms with Crippen LogP contribution in [0.5, 0.6) is 0 Å². The van der Waals surface area contributed by atoms with Crippen LogP contribution in [0, 0.1) is 12.7 Å².